The normalized spacial score (nSPS) is 24.5. The molecule has 1 aliphatic heterocycles. The molecular formula is C14H25NO4. The second kappa shape index (κ2) is 5.12. The molecule has 0 N–H and O–H groups in total. The maximum absolute atomic E-state index is 12.3. The second-order valence-corrected chi connectivity index (χ2v) is 7.07. The largest absolute Gasteiger partial charge is 0.444 e. The van der Waals surface area contributed by atoms with Crippen LogP contribution in [0.25, 0.3) is 0 Å². The number of hydrogen-bond acceptors (Lipinski definition) is 4. The van der Waals surface area contributed by atoms with Crippen LogP contribution in [-0.2, 0) is 14.3 Å². The molecule has 1 heterocycles. The molecule has 0 aromatic carbocycles. The lowest BCUT2D eigenvalue weighted by Gasteiger charge is -2.36. The van der Waals surface area contributed by atoms with Gasteiger partial charge in [-0.05, 0) is 27.7 Å². The number of rotatable bonds is 1. The minimum Gasteiger partial charge on any atom is -0.444 e. The second-order valence-electron chi connectivity index (χ2n) is 7.07. The molecule has 1 amide bonds. The Labute approximate surface area is 115 Å². The first kappa shape index (κ1) is 16.0. The fourth-order valence-corrected chi connectivity index (χ4v) is 2.02. The molecule has 110 valence electrons. The Kier molecular flexibility index (Phi) is 4.30. The molecule has 0 aliphatic carbocycles. The minimum atomic E-state index is -0.594. The zero-order chi connectivity index (χ0) is 15.0. The molecule has 19 heavy (non-hydrogen) atoms. The Balaban J connectivity index is 2.99. The van der Waals surface area contributed by atoms with Gasteiger partial charge < -0.3 is 9.47 Å². The number of ketones is 1. The average Bonchev–Trinajstić information content (AvgIpc) is 2.57. The summed E-state index contributed by atoms with van der Waals surface area (Å²) in [5, 5.41) is 0. The van der Waals surface area contributed by atoms with Crippen LogP contribution in [0, 0.1) is 5.41 Å². The van der Waals surface area contributed by atoms with Crippen molar-refractivity contribution in [1.29, 1.82) is 0 Å². The number of ether oxygens (including phenoxy) is 2. The van der Waals surface area contributed by atoms with Gasteiger partial charge in [-0.3, -0.25) is 9.69 Å². The highest BCUT2D eigenvalue weighted by molar-refractivity contribution is 5.86. The van der Waals surface area contributed by atoms with Crippen LogP contribution >= 0.6 is 0 Å². The third kappa shape index (κ3) is 3.93. The fourth-order valence-electron chi connectivity index (χ4n) is 2.02. The van der Waals surface area contributed by atoms with Crippen molar-refractivity contribution in [3.05, 3.63) is 0 Å². The van der Waals surface area contributed by atoms with E-state index in [0.717, 1.165) is 0 Å². The number of Topliss-reactive ketones (excluding diaryl/α,β-unsaturated/α-hetero) is 1. The summed E-state index contributed by atoms with van der Waals surface area (Å²) < 4.78 is 11.0. The maximum atomic E-state index is 12.3. The minimum absolute atomic E-state index is 0.0855. The van der Waals surface area contributed by atoms with Gasteiger partial charge in [-0.15, -0.1) is 0 Å². The summed E-state index contributed by atoms with van der Waals surface area (Å²) in [6, 6.07) is -0.556. The molecule has 2 atom stereocenters. The van der Waals surface area contributed by atoms with Gasteiger partial charge in [0.15, 0.2) is 5.78 Å². The fraction of sp³-hybridized carbons (Fsp3) is 0.857. The van der Waals surface area contributed by atoms with Crippen LogP contribution in [0.3, 0.4) is 0 Å². The number of carbonyl (C=O) groups excluding carboxylic acids is 2. The summed E-state index contributed by atoms with van der Waals surface area (Å²) in [4.78, 5) is 25.4. The smallest absolute Gasteiger partial charge is 0.413 e. The summed E-state index contributed by atoms with van der Waals surface area (Å²) >= 11 is 0. The molecule has 5 heteroatoms. The summed E-state index contributed by atoms with van der Waals surface area (Å²) in [5.41, 5.74) is -0.870. The predicted molar refractivity (Wildman–Crippen MR) is 71.7 cm³/mol. The molecule has 5 nitrogen and oxygen atoms in total. The first-order valence-corrected chi connectivity index (χ1v) is 6.57. The molecule has 0 spiro atoms. The van der Waals surface area contributed by atoms with Crippen molar-refractivity contribution in [3.8, 4) is 0 Å². The van der Waals surface area contributed by atoms with E-state index >= 15 is 0 Å². The van der Waals surface area contributed by atoms with Crippen LogP contribution in [0.2, 0.25) is 0 Å². The van der Waals surface area contributed by atoms with E-state index in [1.807, 2.05) is 20.8 Å². The van der Waals surface area contributed by atoms with E-state index in [4.69, 9.17) is 9.47 Å². The Morgan fingerprint density at radius 3 is 2.05 bits per heavy atom. The van der Waals surface area contributed by atoms with E-state index in [2.05, 4.69) is 0 Å². The van der Waals surface area contributed by atoms with Gasteiger partial charge >= 0.3 is 6.09 Å². The molecule has 1 rings (SSSR count). The zero-order valence-corrected chi connectivity index (χ0v) is 12.9. The predicted octanol–water partition coefficient (Wildman–Crippen LogP) is 2.58. The molecule has 0 saturated carbocycles. The highest BCUT2D eigenvalue weighted by Crippen LogP contribution is 2.33. The van der Waals surface area contributed by atoms with Crippen LogP contribution in [0.5, 0.6) is 0 Å². The Bertz CT molecular complexity index is 365. The van der Waals surface area contributed by atoms with Gasteiger partial charge in [0, 0.05) is 5.41 Å². The summed E-state index contributed by atoms with van der Waals surface area (Å²) in [7, 11) is 0. The van der Waals surface area contributed by atoms with E-state index in [0.29, 0.717) is 0 Å². The third-order valence-corrected chi connectivity index (χ3v) is 2.81. The van der Waals surface area contributed by atoms with Gasteiger partial charge in [0.1, 0.15) is 17.9 Å². The van der Waals surface area contributed by atoms with Crippen molar-refractivity contribution in [2.45, 2.75) is 66.3 Å². The van der Waals surface area contributed by atoms with Gasteiger partial charge in [0.05, 0.1) is 6.61 Å². The lowest BCUT2D eigenvalue weighted by molar-refractivity contribution is -0.122. The number of hydrogen-bond donors (Lipinski definition) is 0. The van der Waals surface area contributed by atoms with Crippen LogP contribution in [0.1, 0.15) is 48.5 Å². The van der Waals surface area contributed by atoms with Crippen LogP contribution in [0.4, 0.5) is 4.79 Å². The number of nitrogens with zero attached hydrogens (tertiary/aromatic N) is 1. The molecule has 1 fully saturated rings. The molecule has 0 bridgehead atoms. The topological polar surface area (TPSA) is 55.8 Å². The Morgan fingerprint density at radius 1 is 1.16 bits per heavy atom. The first-order valence-electron chi connectivity index (χ1n) is 6.57. The average molecular weight is 271 g/mol. The Morgan fingerprint density at radius 2 is 1.68 bits per heavy atom. The number of carbonyl (C=O) groups is 2. The summed E-state index contributed by atoms with van der Waals surface area (Å²) in [6.07, 6.45) is -0.943. The molecule has 1 aliphatic rings. The van der Waals surface area contributed by atoms with Gasteiger partial charge in [-0.2, -0.15) is 0 Å². The van der Waals surface area contributed by atoms with E-state index in [-0.39, 0.29) is 17.8 Å². The van der Waals surface area contributed by atoms with Crippen molar-refractivity contribution in [1.82, 2.24) is 4.90 Å². The molecular weight excluding hydrogens is 246 g/mol. The highest BCUT2D eigenvalue weighted by atomic mass is 16.6. The van der Waals surface area contributed by atoms with E-state index in [1.54, 1.807) is 20.8 Å². The lowest BCUT2D eigenvalue weighted by Crippen LogP contribution is -2.51. The SMILES string of the molecule is CC(=O)C1CO[C@@H](C(C)(C)C)N1C(=O)OC(C)(C)C. The van der Waals surface area contributed by atoms with Crippen LogP contribution in [0.15, 0.2) is 0 Å². The first-order chi connectivity index (χ1) is 8.43. The number of amides is 1. The van der Waals surface area contributed by atoms with Gasteiger partial charge in [-0.25, -0.2) is 4.79 Å². The lowest BCUT2D eigenvalue weighted by atomic mass is 9.93. The zero-order valence-electron chi connectivity index (χ0n) is 12.9. The van der Waals surface area contributed by atoms with Crippen molar-refractivity contribution in [2.24, 2.45) is 5.41 Å². The van der Waals surface area contributed by atoms with Crippen molar-refractivity contribution < 1.29 is 19.1 Å². The van der Waals surface area contributed by atoms with Gasteiger partial charge in [0.25, 0.3) is 0 Å². The monoisotopic (exact) mass is 271 g/mol. The van der Waals surface area contributed by atoms with Crippen molar-refractivity contribution >= 4 is 11.9 Å². The highest BCUT2D eigenvalue weighted by Gasteiger charge is 2.47. The van der Waals surface area contributed by atoms with Crippen molar-refractivity contribution in [2.75, 3.05) is 6.61 Å². The Hall–Kier alpha value is -1.10. The van der Waals surface area contributed by atoms with Crippen LogP contribution < -0.4 is 0 Å². The van der Waals surface area contributed by atoms with E-state index in [1.165, 1.54) is 11.8 Å². The molecule has 1 saturated heterocycles. The molecule has 1 unspecified atom stereocenters. The standard InChI is InChI=1S/C14H25NO4/c1-9(16)10-8-18-11(13(2,3)4)15(10)12(17)19-14(5,6)7/h10-11H,8H2,1-7H3/t10?,11-/m0/s1. The van der Waals surface area contributed by atoms with Gasteiger partial charge in [0.2, 0.25) is 0 Å². The van der Waals surface area contributed by atoms with Crippen molar-refractivity contribution in [3.63, 3.8) is 0 Å². The quantitative estimate of drug-likeness (QED) is 0.735. The van der Waals surface area contributed by atoms with E-state index < -0.39 is 24.0 Å². The maximum Gasteiger partial charge on any atom is 0.413 e. The third-order valence-electron chi connectivity index (χ3n) is 2.81. The van der Waals surface area contributed by atoms with E-state index in [9.17, 15) is 9.59 Å². The van der Waals surface area contributed by atoms with Gasteiger partial charge in [-0.1, -0.05) is 20.8 Å². The molecule has 0 aromatic heterocycles. The summed E-state index contributed by atoms with van der Waals surface area (Å²) in [6.45, 7) is 13.0. The summed E-state index contributed by atoms with van der Waals surface area (Å²) in [5.74, 6) is -0.0855. The molecule has 0 radical (unpaired) electrons. The molecule has 0 aromatic rings. The van der Waals surface area contributed by atoms with Crippen LogP contribution in [-0.4, -0.2) is 41.3 Å².